The zero-order valence-electron chi connectivity index (χ0n) is 16.5. The van der Waals surface area contributed by atoms with Crippen molar-refractivity contribution in [2.45, 2.75) is 71.6 Å². The van der Waals surface area contributed by atoms with E-state index in [9.17, 15) is 9.59 Å². The van der Waals surface area contributed by atoms with E-state index in [1.165, 1.54) is 19.3 Å². The second-order valence-electron chi connectivity index (χ2n) is 6.83. The van der Waals surface area contributed by atoms with Crippen LogP contribution in [0.5, 0.6) is 0 Å². The Morgan fingerprint density at radius 3 is 2.65 bits per heavy atom. The van der Waals surface area contributed by atoms with Gasteiger partial charge in [0.15, 0.2) is 5.78 Å². The smallest absolute Gasteiger partial charge is 0.220 e. The third kappa shape index (κ3) is 9.55. The van der Waals surface area contributed by atoms with Gasteiger partial charge >= 0.3 is 0 Å². The Bertz CT molecular complexity index is 540. The first kappa shape index (κ1) is 22.1. The van der Waals surface area contributed by atoms with Crippen LogP contribution in [0.4, 0.5) is 0 Å². The molecule has 0 aromatic rings. The Morgan fingerprint density at radius 1 is 1.08 bits per heavy atom. The van der Waals surface area contributed by atoms with Gasteiger partial charge in [0.25, 0.3) is 0 Å². The molecule has 0 heterocycles. The molecule has 144 valence electrons. The minimum Gasteiger partial charge on any atom is -0.356 e. The molecule has 1 N–H and O–H groups in total. The highest BCUT2D eigenvalue weighted by Crippen LogP contribution is 2.25. The van der Waals surface area contributed by atoms with Crippen molar-refractivity contribution in [3.05, 3.63) is 48.1 Å². The second kappa shape index (κ2) is 14.3. The maximum atomic E-state index is 12.0. The van der Waals surface area contributed by atoms with Gasteiger partial charge in [0.2, 0.25) is 5.91 Å². The minimum atomic E-state index is 0.134. The lowest BCUT2D eigenvalue weighted by Crippen LogP contribution is -2.23. The first-order valence-electron chi connectivity index (χ1n) is 10.2. The van der Waals surface area contributed by atoms with Crippen LogP contribution in [-0.2, 0) is 9.59 Å². The summed E-state index contributed by atoms with van der Waals surface area (Å²) in [7, 11) is 0. The maximum absolute atomic E-state index is 12.0. The number of allylic oxidation sites excluding steroid dienone is 8. The molecular formula is C23H35NO2. The molecule has 0 bridgehead atoms. The van der Waals surface area contributed by atoms with Gasteiger partial charge in [0.1, 0.15) is 0 Å². The Morgan fingerprint density at radius 2 is 1.88 bits per heavy atom. The summed E-state index contributed by atoms with van der Waals surface area (Å²) in [6.45, 7) is 5.02. The average Bonchev–Trinajstić information content (AvgIpc) is 2.99. The van der Waals surface area contributed by atoms with Crippen LogP contribution >= 0.6 is 0 Å². The predicted molar refractivity (Wildman–Crippen MR) is 110 cm³/mol. The molecule has 1 unspecified atom stereocenters. The van der Waals surface area contributed by atoms with Crippen LogP contribution in [0.2, 0.25) is 0 Å². The van der Waals surface area contributed by atoms with Crippen molar-refractivity contribution in [3.8, 4) is 0 Å². The van der Waals surface area contributed by atoms with Gasteiger partial charge in [0, 0.05) is 24.5 Å². The van der Waals surface area contributed by atoms with E-state index >= 15 is 0 Å². The number of carbonyl (C=O) groups excluding carboxylic acids is 2. The molecule has 26 heavy (non-hydrogen) atoms. The van der Waals surface area contributed by atoms with E-state index in [2.05, 4.69) is 37.4 Å². The first-order valence-corrected chi connectivity index (χ1v) is 10.2. The molecule has 3 nitrogen and oxygen atoms in total. The molecule has 1 rings (SSSR count). The summed E-state index contributed by atoms with van der Waals surface area (Å²) in [5.74, 6) is 0.460. The lowest BCUT2D eigenvalue weighted by molar-refractivity contribution is -0.121. The summed E-state index contributed by atoms with van der Waals surface area (Å²) in [6.07, 6.45) is 23.1. The molecule has 0 spiro atoms. The lowest BCUT2D eigenvalue weighted by Gasteiger charge is -2.06. The third-order valence-corrected chi connectivity index (χ3v) is 4.45. The van der Waals surface area contributed by atoms with Crippen molar-refractivity contribution in [3.63, 3.8) is 0 Å². The van der Waals surface area contributed by atoms with Gasteiger partial charge in [0.05, 0.1) is 0 Å². The highest BCUT2D eigenvalue weighted by atomic mass is 16.1. The van der Waals surface area contributed by atoms with E-state index in [1.54, 1.807) is 6.08 Å². The maximum Gasteiger partial charge on any atom is 0.220 e. The standard InChI is InChI=1S/C23H35NO2/c1-3-5-6-7-8-12-15-21-20(17-18-22(21)25)14-11-9-10-13-16-23(26)24-19-4-2/h8-9,11-12,15,17-18,20H,3-7,10,13-14,16,19H2,1-2H3,(H,24,26)/b11-9-,12-8+,21-15+. The molecule has 0 aliphatic heterocycles. The Hall–Kier alpha value is -1.90. The molecule has 1 aliphatic rings. The molecule has 1 atom stereocenters. The quantitative estimate of drug-likeness (QED) is 0.271. The van der Waals surface area contributed by atoms with Crippen LogP contribution in [0.1, 0.15) is 71.6 Å². The molecule has 0 aromatic heterocycles. The predicted octanol–water partition coefficient (Wildman–Crippen LogP) is 5.45. The van der Waals surface area contributed by atoms with Gasteiger partial charge < -0.3 is 5.32 Å². The Kier molecular flexibility index (Phi) is 12.2. The summed E-state index contributed by atoms with van der Waals surface area (Å²) in [5.41, 5.74) is 0.889. The molecule has 0 radical (unpaired) electrons. The second-order valence-corrected chi connectivity index (χ2v) is 6.83. The highest BCUT2D eigenvalue weighted by molar-refractivity contribution is 6.07. The molecular weight excluding hydrogens is 322 g/mol. The lowest BCUT2D eigenvalue weighted by atomic mass is 9.97. The van der Waals surface area contributed by atoms with Crippen LogP contribution in [0, 0.1) is 5.92 Å². The molecule has 0 saturated heterocycles. The fourth-order valence-corrected chi connectivity index (χ4v) is 2.87. The summed E-state index contributed by atoms with van der Waals surface area (Å²) in [4.78, 5) is 23.5. The van der Waals surface area contributed by atoms with E-state index in [4.69, 9.17) is 0 Å². The van der Waals surface area contributed by atoms with Crippen molar-refractivity contribution in [2.75, 3.05) is 6.54 Å². The number of hydrogen-bond donors (Lipinski definition) is 1. The fraction of sp³-hybridized carbons (Fsp3) is 0.565. The number of unbranched alkanes of at least 4 members (excludes halogenated alkanes) is 4. The highest BCUT2D eigenvalue weighted by Gasteiger charge is 2.20. The molecule has 0 fully saturated rings. The monoisotopic (exact) mass is 357 g/mol. The Labute approximate surface area is 159 Å². The number of rotatable bonds is 13. The number of ketones is 1. The van der Waals surface area contributed by atoms with Crippen molar-refractivity contribution in [1.82, 2.24) is 5.32 Å². The van der Waals surface area contributed by atoms with E-state index in [-0.39, 0.29) is 17.6 Å². The van der Waals surface area contributed by atoms with Crippen LogP contribution in [0.25, 0.3) is 0 Å². The summed E-state index contributed by atoms with van der Waals surface area (Å²) < 4.78 is 0. The molecule has 1 aliphatic carbocycles. The average molecular weight is 358 g/mol. The van der Waals surface area contributed by atoms with Crippen LogP contribution in [0.3, 0.4) is 0 Å². The summed E-state index contributed by atoms with van der Waals surface area (Å²) in [5, 5.41) is 2.89. The normalized spacial score (nSPS) is 18.6. The number of hydrogen-bond acceptors (Lipinski definition) is 2. The number of nitrogens with one attached hydrogen (secondary N) is 1. The van der Waals surface area contributed by atoms with Gasteiger partial charge in [-0.25, -0.2) is 0 Å². The molecule has 0 aromatic carbocycles. The fourth-order valence-electron chi connectivity index (χ4n) is 2.87. The third-order valence-electron chi connectivity index (χ3n) is 4.45. The zero-order chi connectivity index (χ0) is 19.0. The Balaban J connectivity index is 2.30. The largest absolute Gasteiger partial charge is 0.356 e. The van der Waals surface area contributed by atoms with Crippen LogP contribution < -0.4 is 5.32 Å². The van der Waals surface area contributed by atoms with Crippen LogP contribution in [-0.4, -0.2) is 18.2 Å². The molecule has 1 amide bonds. The van der Waals surface area contributed by atoms with Crippen molar-refractivity contribution >= 4 is 11.7 Å². The topological polar surface area (TPSA) is 46.2 Å². The van der Waals surface area contributed by atoms with Gasteiger partial charge in [-0.3, -0.25) is 9.59 Å². The van der Waals surface area contributed by atoms with E-state index in [0.29, 0.717) is 6.42 Å². The van der Waals surface area contributed by atoms with E-state index in [1.807, 2.05) is 18.2 Å². The van der Waals surface area contributed by atoms with Crippen LogP contribution in [0.15, 0.2) is 48.1 Å². The van der Waals surface area contributed by atoms with Gasteiger partial charge in [-0.05, 0) is 44.6 Å². The number of amides is 1. The van der Waals surface area contributed by atoms with E-state index < -0.39 is 0 Å². The summed E-state index contributed by atoms with van der Waals surface area (Å²) in [6, 6.07) is 0. The number of carbonyl (C=O) groups is 2. The van der Waals surface area contributed by atoms with Crippen molar-refractivity contribution in [1.29, 1.82) is 0 Å². The molecule has 0 saturated carbocycles. The van der Waals surface area contributed by atoms with E-state index in [0.717, 1.165) is 44.2 Å². The van der Waals surface area contributed by atoms with Gasteiger partial charge in [-0.1, -0.05) is 63.1 Å². The van der Waals surface area contributed by atoms with Crippen molar-refractivity contribution in [2.24, 2.45) is 5.92 Å². The summed E-state index contributed by atoms with van der Waals surface area (Å²) >= 11 is 0. The first-order chi connectivity index (χ1) is 12.7. The van der Waals surface area contributed by atoms with Gasteiger partial charge in [-0.15, -0.1) is 0 Å². The van der Waals surface area contributed by atoms with Crippen molar-refractivity contribution < 1.29 is 9.59 Å². The molecule has 3 heteroatoms. The SMILES string of the molecule is CCCCC/C=C/C=C1/C(=O)C=CC1C/C=C\CCCC(=O)NCCC. The van der Waals surface area contributed by atoms with Gasteiger partial charge in [-0.2, -0.15) is 0 Å². The zero-order valence-corrected chi connectivity index (χ0v) is 16.5. The minimum absolute atomic E-state index is 0.134.